The summed E-state index contributed by atoms with van der Waals surface area (Å²) in [5.41, 5.74) is 0.692. The molecule has 3 rings (SSSR count). The number of ether oxygens (including phenoxy) is 2. The van der Waals surface area contributed by atoms with Crippen LogP contribution in [0.1, 0.15) is 5.56 Å². The van der Waals surface area contributed by atoms with E-state index in [0.29, 0.717) is 16.3 Å². The van der Waals surface area contributed by atoms with Gasteiger partial charge in [-0.25, -0.2) is 13.2 Å². The van der Waals surface area contributed by atoms with Gasteiger partial charge in [-0.15, -0.1) is 4.40 Å². The van der Waals surface area contributed by atoms with Gasteiger partial charge in [0, 0.05) is 23.3 Å². The topological polar surface area (TPSA) is 85.3 Å². The lowest BCUT2D eigenvalue weighted by atomic mass is 10.1. The Morgan fingerprint density at radius 3 is 2.96 bits per heavy atom. The van der Waals surface area contributed by atoms with Crippen molar-refractivity contribution in [3.05, 3.63) is 52.7 Å². The number of nitrogens with zero attached hydrogens (tertiary/aromatic N) is 2. The van der Waals surface area contributed by atoms with Crippen molar-refractivity contribution in [2.45, 2.75) is 6.61 Å². The molecule has 0 N–H and O–H groups in total. The molecule has 0 aromatic heterocycles. The number of halogens is 1. The van der Waals surface area contributed by atoms with Crippen molar-refractivity contribution in [3.63, 3.8) is 0 Å². The number of benzene rings is 1. The maximum Gasteiger partial charge on any atom is 0.342 e. The number of allylic oxidation sites excluding steroid dienone is 2. The molecule has 1 aromatic rings. The first-order chi connectivity index (χ1) is 11.9. The second-order valence-corrected chi connectivity index (χ2v) is 7.54. The van der Waals surface area contributed by atoms with Crippen LogP contribution in [0.25, 0.3) is 0 Å². The van der Waals surface area contributed by atoms with Gasteiger partial charge in [-0.3, -0.25) is 0 Å². The van der Waals surface area contributed by atoms with E-state index in [0.717, 1.165) is 0 Å². The van der Waals surface area contributed by atoms with Gasteiger partial charge in [0.15, 0.2) is 5.84 Å². The van der Waals surface area contributed by atoms with Crippen molar-refractivity contribution < 1.29 is 22.7 Å². The number of carbonyl (C=O) groups excluding carboxylic acids is 1. The van der Waals surface area contributed by atoms with E-state index in [1.54, 1.807) is 35.4 Å². The van der Waals surface area contributed by atoms with Crippen molar-refractivity contribution in [3.8, 4) is 5.75 Å². The molecule has 9 heteroatoms. The average molecular weight is 383 g/mol. The molecular formula is C16H15ClN2O5S. The molecule has 2 aliphatic rings. The predicted molar refractivity (Wildman–Crippen MR) is 93.0 cm³/mol. The minimum atomic E-state index is -3.58. The predicted octanol–water partition coefficient (Wildman–Crippen LogP) is 1.89. The van der Waals surface area contributed by atoms with Crippen molar-refractivity contribution in [2.75, 3.05) is 19.4 Å². The van der Waals surface area contributed by atoms with Gasteiger partial charge in [-0.1, -0.05) is 11.6 Å². The standard InChI is InChI=1S/C16H15ClN2O5S/c1-23-14-5-4-12(17)9-11(14)10-24-16(20)13-3-2-6-19-7-8-25(21,22)18-15(13)19/h2-6,9H,7-8,10H2,1H3. The summed E-state index contributed by atoms with van der Waals surface area (Å²) in [5, 5.41) is 0.487. The molecule has 0 radical (unpaired) electrons. The second-order valence-electron chi connectivity index (χ2n) is 5.35. The van der Waals surface area contributed by atoms with Crippen LogP contribution in [0.2, 0.25) is 5.02 Å². The monoisotopic (exact) mass is 382 g/mol. The van der Waals surface area contributed by atoms with Crippen LogP contribution in [0.3, 0.4) is 0 Å². The molecule has 2 aliphatic heterocycles. The Bertz CT molecular complexity index is 905. The quantitative estimate of drug-likeness (QED) is 0.739. The molecule has 0 aliphatic carbocycles. The van der Waals surface area contributed by atoms with E-state index in [-0.39, 0.29) is 30.3 Å². The molecule has 0 atom stereocenters. The molecule has 0 amide bonds. The summed E-state index contributed by atoms with van der Waals surface area (Å²) in [7, 11) is -2.07. The average Bonchev–Trinajstić information content (AvgIpc) is 2.58. The normalized spacial score (nSPS) is 18.1. The smallest absolute Gasteiger partial charge is 0.342 e. The molecule has 0 bridgehead atoms. The molecule has 0 fully saturated rings. The number of hydrogen-bond donors (Lipinski definition) is 0. The zero-order chi connectivity index (χ0) is 18.0. The van der Waals surface area contributed by atoms with Crippen molar-refractivity contribution >= 4 is 33.4 Å². The number of methoxy groups -OCH3 is 1. The van der Waals surface area contributed by atoms with E-state index in [9.17, 15) is 13.2 Å². The van der Waals surface area contributed by atoms with Gasteiger partial charge >= 0.3 is 5.97 Å². The van der Waals surface area contributed by atoms with Gasteiger partial charge in [0.05, 0.1) is 12.9 Å². The van der Waals surface area contributed by atoms with E-state index in [2.05, 4.69) is 4.40 Å². The Labute approximate surface area is 150 Å². The maximum atomic E-state index is 12.4. The molecule has 1 aromatic carbocycles. The molecule has 25 heavy (non-hydrogen) atoms. The molecule has 0 saturated carbocycles. The Kier molecular flexibility index (Phi) is 4.82. The van der Waals surface area contributed by atoms with Gasteiger partial charge in [0.25, 0.3) is 10.0 Å². The number of rotatable bonds is 4. The van der Waals surface area contributed by atoms with Crippen LogP contribution in [0.15, 0.2) is 46.5 Å². The SMILES string of the molecule is COc1ccc(Cl)cc1COC(=O)C1=CC=CN2CCS(=O)(=O)N=C12. The largest absolute Gasteiger partial charge is 0.496 e. The Hall–Kier alpha value is -2.32. The third-order valence-electron chi connectivity index (χ3n) is 3.68. The summed E-state index contributed by atoms with van der Waals surface area (Å²) in [6.45, 7) is 0.175. The summed E-state index contributed by atoms with van der Waals surface area (Å²) in [6.07, 6.45) is 4.80. The van der Waals surface area contributed by atoms with Crippen molar-refractivity contribution in [2.24, 2.45) is 4.40 Å². The van der Waals surface area contributed by atoms with Crippen LogP contribution in [0, 0.1) is 0 Å². The minimum absolute atomic E-state index is 0.0658. The van der Waals surface area contributed by atoms with Gasteiger partial charge in [-0.2, -0.15) is 0 Å². The van der Waals surface area contributed by atoms with E-state index in [4.69, 9.17) is 21.1 Å². The lowest BCUT2D eigenvalue weighted by Gasteiger charge is -2.28. The fourth-order valence-corrected chi connectivity index (χ4v) is 3.64. The number of esters is 1. The second kappa shape index (κ2) is 6.89. The first-order valence-electron chi connectivity index (χ1n) is 7.37. The van der Waals surface area contributed by atoms with Crippen LogP contribution in [0.5, 0.6) is 5.75 Å². The zero-order valence-electron chi connectivity index (χ0n) is 13.3. The van der Waals surface area contributed by atoms with Crippen LogP contribution < -0.4 is 4.74 Å². The summed E-state index contributed by atoms with van der Waals surface area (Å²) >= 11 is 5.95. The molecule has 0 unspecified atom stereocenters. The maximum absolute atomic E-state index is 12.4. The molecule has 0 saturated heterocycles. The molecule has 132 valence electrons. The highest BCUT2D eigenvalue weighted by Crippen LogP contribution is 2.24. The van der Waals surface area contributed by atoms with Crippen molar-refractivity contribution in [1.82, 2.24) is 4.90 Å². The minimum Gasteiger partial charge on any atom is -0.496 e. The highest BCUT2D eigenvalue weighted by atomic mass is 35.5. The summed E-state index contributed by atoms with van der Waals surface area (Å²) < 4.78 is 37.6. The fraction of sp³-hybridized carbons (Fsp3) is 0.250. The molecule has 2 heterocycles. The van der Waals surface area contributed by atoms with Crippen LogP contribution in [0.4, 0.5) is 0 Å². The number of fused-ring (bicyclic) bond motifs is 1. The zero-order valence-corrected chi connectivity index (χ0v) is 14.9. The number of carbonyl (C=O) groups is 1. The molecule has 7 nitrogen and oxygen atoms in total. The van der Waals surface area contributed by atoms with Crippen molar-refractivity contribution in [1.29, 1.82) is 0 Å². The third kappa shape index (κ3) is 3.85. The first-order valence-corrected chi connectivity index (χ1v) is 9.36. The third-order valence-corrected chi connectivity index (χ3v) is 5.06. The highest BCUT2D eigenvalue weighted by molar-refractivity contribution is 7.90. The van der Waals surface area contributed by atoms with Crippen LogP contribution in [-0.2, 0) is 26.2 Å². The lowest BCUT2D eigenvalue weighted by molar-refractivity contribution is -0.139. The van der Waals surface area contributed by atoms with E-state index < -0.39 is 16.0 Å². The van der Waals surface area contributed by atoms with Crippen LogP contribution in [-0.4, -0.2) is 44.5 Å². The van der Waals surface area contributed by atoms with Gasteiger partial charge in [-0.05, 0) is 30.4 Å². The van der Waals surface area contributed by atoms with E-state index in [1.165, 1.54) is 13.2 Å². The first kappa shape index (κ1) is 17.5. The highest BCUT2D eigenvalue weighted by Gasteiger charge is 2.30. The fourth-order valence-electron chi connectivity index (χ4n) is 2.46. The number of sulfonamides is 1. The Balaban J connectivity index is 1.80. The Morgan fingerprint density at radius 2 is 2.20 bits per heavy atom. The van der Waals surface area contributed by atoms with E-state index in [1.807, 2.05) is 0 Å². The molecular weight excluding hydrogens is 368 g/mol. The Morgan fingerprint density at radius 1 is 1.40 bits per heavy atom. The number of amidine groups is 1. The van der Waals surface area contributed by atoms with Crippen LogP contribution >= 0.6 is 11.6 Å². The number of hydrogen-bond acceptors (Lipinski definition) is 6. The van der Waals surface area contributed by atoms with Gasteiger partial charge in [0.1, 0.15) is 17.9 Å². The van der Waals surface area contributed by atoms with Gasteiger partial charge < -0.3 is 14.4 Å². The van der Waals surface area contributed by atoms with Gasteiger partial charge in [0.2, 0.25) is 0 Å². The lowest BCUT2D eigenvalue weighted by Crippen LogP contribution is -2.40. The summed E-state index contributed by atoms with van der Waals surface area (Å²) in [4.78, 5) is 14.0. The summed E-state index contributed by atoms with van der Waals surface area (Å²) in [5.74, 6) is -0.152. The molecule has 0 spiro atoms. The van der Waals surface area contributed by atoms with E-state index >= 15 is 0 Å². The summed E-state index contributed by atoms with van der Waals surface area (Å²) in [6, 6.07) is 4.98.